The fourth-order valence-electron chi connectivity index (χ4n) is 1.36. The molecule has 1 aromatic carbocycles. The highest BCUT2D eigenvalue weighted by molar-refractivity contribution is 7.99. The maximum Gasteiger partial charge on any atom is 0.238 e. The van der Waals surface area contributed by atoms with Crippen LogP contribution in [-0.2, 0) is 0 Å². The zero-order valence-corrected chi connectivity index (χ0v) is 9.21. The van der Waals surface area contributed by atoms with Crippen molar-refractivity contribution in [1.29, 1.82) is 0 Å². The monoisotopic (exact) mass is 220 g/mol. The summed E-state index contributed by atoms with van der Waals surface area (Å²) in [5.74, 6) is 6.76. The molecule has 0 amide bonds. The molecule has 78 valence electrons. The second kappa shape index (κ2) is 4.46. The first-order valence-electron chi connectivity index (χ1n) is 4.71. The minimum Gasteiger partial charge on any atom is -0.292 e. The zero-order valence-electron chi connectivity index (χ0n) is 8.40. The van der Waals surface area contributed by atoms with Crippen molar-refractivity contribution in [2.45, 2.75) is 11.9 Å². The molecule has 0 aliphatic carbocycles. The van der Waals surface area contributed by atoms with Gasteiger partial charge in [-0.2, -0.15) is 0 Å². The first-order chi connectivity index (χ1) is 7.35. The quantitative estimate of drug-likeness (QED) is 0.358. The Morgan fingerprint density at radius 3 is 2.87 bits per heavy atom. The number of nitrogens with two attached hydrogens (primary N) is 1. The van der Waals surface area contributed by atoms with Gasteiger partial charge in [0.2, 0.25) is 5.95 Å². The number of anilines is 1. The number of hydrogen-bond acceptors (Lipinski definition) is 5. The highest BCUT2D eigenvalue weighted by atomic mass is 32.2. The second-order valence-corrected chi connectivity index (χ2v) is 4.20. The van der Waals surface area contributed by atoms with Crippen LogP contribution >= 0.6 is 11.8 Å². The number of rotatable bonds is 3. The van der Waals surface area contributed by atoms with Crippen LogP contribution in [0.2, 0.25) is 0 Å². The van der Waals surface area contributed by atoms with E-state index in [1.165, 1.54) is 0 Å². The molecule has 0 saturated carbocycles. The summed E-state index contributed by atoms with van der Waals surface area (Å²) in [4.78, 5) is 8.60. The number of fused-ring (bicyclic) bond motifs is 1. The van der Waals surface area contributed by atoms with Crippen LogP contribution in [0.15, 0.2) is 29.3 Å². The van der Waals surface area contributed by atoms with Gasteiger partial charge in [0.1, 0.15) is 5.03 Å². The fourth-order valence-corrected chi connectivity index (χ4v) is 2.11. The van der Waals surface area contributed by atoms with Crippen molar-refractivity contribution in [2.75, 3.05) is 11.2 Å². The third-order valence-electron chi connectivity index (χ3n) is 1.98. The van der Waals surface area contributed by atoms with Gasteiger partial charge in [-0.15, -0.1) is 11.8 Å². The molecule has 3 N–H and O–H groups in total. The van der Waals surface area contributed by atoms with Gasteiger partial charge in [0, 0.05) is 5.39 Å². The Labute approximate surface area is 92.3 Å². The molecule has 0 aliphatic rings. The predicted octanol–water partition coefficient (Wildman–Crippen LogP) is 2.03. The number of nitrogens with zero attached hydrogens (tertiary/aromatic N) is 2. The highest BCUT2D eigenvalue weighted by Crippen LogP contribution is 2.25. The van der Waals surface area contributed by atoms with Crippen LogP contribution in [0.25, 0.3) is 10.9 Å². The Morgan fingerprint density at radius 1 is 1.33 bits per heavy atom. The van der Waals surface area contributed by atoms with Gasteiger partial charge in [-0.25, -0.2) is 15.8 Å². The number of thioether (sulfide) groups is 1. The van der Waals surface area contributed by atoms with Crippen molar-refractivity contribution in [3.05, 3.63) is 24.3 Å². The topological polar surface area (TPSA) is 63.8 Å². The number of nitrogen functional groups attached to an aromatic ring is 1. The molecule has 5 heteroatoms. The number of para-hydroxylation sites is 1. The second-order valence-electron chi connectivity index (χ2n) is 2.95. The van der Waals surface area contributed by atoms with Gasteiger partial charge < -0.3 is 0 Å². The van der Waals surface area contributed by atoms with Gasteiger partial charge in [0.15, 0.2) is 0 Å². The molecule has 0 spiro atoms. The molecule has 1 aromatic heterocycles. The van der Waals surface area contributed by atoms with Crippen LogP contribution < -0.4 is 11.3 Å². The van der Waals surface area contributed by atoms with E-state index in [0.717, 1.165) is 21.7 Å². The van der Waals surface area contributed by atoms with Gasteiger partial charge in [-0.1, -0.05) is 25.1 Å². The summed E-state index contributed by atoms with van der Waals surface area (Å²) < 4.78 is 0. The van der Waals surface area contributed by atoms with E-state index in [4.69, 9.17) is 5.84 Å². The summed E-state index contributed by atoms with van der Waals surface area (Å²) in [6, 6.07) is 7.92. The molecule has 2 aromatic rings. The Hall–Kier alpha value is -1.33. The lowest BCUT2D eigenvalue weighted by Gasteiger charge is -2.06. The Morgan fingerprint density at radius 2 is 2.13 bits per heavy atom. The Balaban J connectivity index is 2.63. The number of nitrogens with one attached hydrogen (secondary N) is 1. The van der Waals surface area contributed by atoms with Gasteiger partial charge in [-0.05, 0) is 11.8 Å². The van der Waals surface area contributed by atoms with Crippen LogP contribution in [0.3, 0.4) is 0 Å². The zero-order chi connectivity index (χ0) is 10.7. The molecule has 0 atom stereocenters. The van der Waals surface area contributed by atoms with Crippen molar-refractivity contribution in [1.82, 2.24) is 9.97 Å². The van der Waals surface area contributed by atoms with E-state index in [0.29, 0.717) is 5.95 Å². The molecule has 2 rings (SSSR count). The van der Waals surface area contributed by atoms with Crippen LogP contribution in [0.1, 0.15) is 6.92 Å². The van der Waals surface area contributed by atoms with Gasteiger partial charge >= 0.3 is 0 Å². The maximum absolute atomic E-state index is 5.32. The van der Waals surface area contributed by atoms with E-state index in [1.54, 1.807) is 11.8 Å². The molecular weight excluding hydrogens is 208 g/mol. The third kappa shape index (κ3) is 2.03. The molecule has 0 saturated heterocycles. The first-order valence-corrected chi connectivity index (χ1v) is 5.70. The number of hydrogen-bond donors (Lipinski definition) is 2. The summed E-state index contributed by atoms with van der Waals surface area (Å²) in [6.45, 7) is 2.09. The molecule has 1 heterocycles. The largest absolute Gasteiger partial charge is 0.292 e. The highest BCUT2D eigenvalue weighted by Gasteiger charge is 2.05. The lowest BCUT2D eigenvalue weighted by Crippen LogP contribution is -2.10. The molecule has 0 aliphatic heterocycles. The molecule has 4 nitrogen and oxygen atoms in total. The van der Waals surface area contributed by atoms with Gasteiger partial charge in [0.25, 0.3) is 0 Å². The minimum absolute atomic E-state index is 0.463. The minimum atomic E-state index is 0.463. The molecular formula is C10H12N4S. The summed E-state index contributed by atoms with van der Waals surface area (Å²) in [7, 11) is 0. The van der Waals surface area contributed by atoms with E-state index in [9.17, 15) is 0 Å². The lowest BCUT2D eigenvalue weighted by atomic mass is 10.2. The fraction of sp³-hybridized carbons (Fsp3) is 0.200. The molecule has 0 radical (unpaired) electrons. The maximum atomic E-state index is 5.32. The standard InChI is InChI=1S/C10H12N4S/c1-2-15-9-7-5-3-4-6-8(7)12-10(13-9)14-11/h3-6H,2,11H2,1H3,(H,12,13,14). The van der Waals surface area contributed by atoms with Crippen LogP contribution in [0.5, 0.6) is 0 Å². The van der Waals surface area contributed by atoms with Crippen molar-refractivity contribution in [3.63, 3.8) is 0 Å². The average molecular weight is 220 g/mol. The third-order valence-corrected chi connectivity index (χ3v) is 2.85. The number of aromatic nitrogens is 2. The SMILES string of the molecule is CCSc1nc(NN)nc2ccccc12. The lowest BCUT2D eigenvalue weighted by molar-refractivity contribution is 1.07. The summed E-state index contributed by atoms with van der Waals surface area (Å²) in [6.07, 6.45) is 0. The van der Waals surface area contributed by atoms with Gasteiger partial charge in [-0.3, -0.25) is 5.43 Å². The van der Waals surface area contributed by atoms with Crippen molar-refractivity contribution in [2.24, 2.45) is 5.84 Å². The van der Waals surface area contributed by atoms with E-state index in [2.05, 4.69) is 22.3 Å². The predicted molar refractivity (Wildman–Crippen MR) is 63.7 cm³/mol. The number of benzene rings is 1. The normalized spacial score (nSPS) is 10.5. The van der Waals surface area contributed by atoms with Crippen molar-refractivity contribution >= 4 is 28.6 Å². The van der Waals surface area contributed by atoms with Crippen LogP contribution in [0, 0.1) is 0 Å². The van der Waals surface area contributed by atoms with E-state index >= 15 is 0 Å². The average Bonchev–Trinajstić information content (AvgIpc) is 2.29. The molecule has 0 bridgehead atoms. The molecule has 0 fully saturated rings. The molecule has 0 unspecified atom stereocenters. The van der Waals surface area contributed by atoms with Gasteiger partial charge in [0.05, 0.1) is 5.52 Å². The van der Waals surface area contributed by atoms with E-state index in [-0.39, 0.29) is 0 Å². The number of hydrazine groups is 1. The van der Waals surface area contributed by atoms with Crippen LogP contribution in [0.4, 0.5) is 5.95 Å². The van der Waals surface area contributed by atoms with Crippen molar-refractivity contribution in [3.8, 4) is 0 Å². The van der Waals surface area contributed by atoms with E-state index in [1.807, 2.05) is 24.3 Å². The van der Waals surface area contributed by atoms with E-state index < -0.39 is 0 Å². The smallest absolute Gasteiger partial charge is 0.238 e. The van der Waals surface area contributed by atoms with Crippen molar-refractivity contribution < 1.29 is 0 Å². The Bertz CT molecular complexity index is 472. The molecule has 15 heavy (non-hydrogen) atoms. The Kier molecular flexibility index (Phi) is 3.03. The summed E-state index contributed by atoms with van der Waals surface area (Å²) >= 11 is 1.69. The summed E-state index contributed by atoms with van der Waals surface area (Å²) in [5, 5.41) is 2.04. The van der Waals surface area contributed by atoms with Crippen LogP contribution in [-0.4, -0.2) is 15.7 Å². The summed E-state index contributed by atoms with van der Waals surface area (Å²) in [5.41, 5.74) is 3.40. The first kappa shape index (κ1) is 10.2.